The Morgan fingerprint density at radius 3 is 2.93 bits per heavy atom. The van der Waals surface area contributed by atoms with Crippen molar-refractivity contribution in [3.63, 3.8) is 0 Å². The van der Waals surface area contributed by atoms with Gasteiger partial charge >= 0.3 is 0 Å². The average Bonchev–Trinajstić information content (AvgIpc) is 2.65. The smallest absolute Gasteiger partial charge is 0.228 e. The van der Waals surface area contributed by atoms with E-state index in [1.807, 2.05) is 24.3 Å². The monoisotopic (exact) mass is 190 g/mol. The van der Waals surface area contributed by atoms with Gasteiger partial charge in [-0.05, 0) is 18.2 Å². The number of anilines is 1. The second-order valence-electron chi connectivity index (χ2n) is 2.80. The summed E-state index contributed by atoms with van der Waals surface area (Å²) >= 11 is 0. The maximum Gasteiger partial charge on any atom is 0.228 e. The van der Waals surface area contributed by atoms with Crippen LogP contribution in [-0.4, -0.2) is 12.1 Å². The molecular formula is C10H10N2O2. The average molecular weight is 190 g/mol. The minimum atomic E-state index is 0.308. The van der Waals surface area contributed by atoms with E-state index in [-0.39, 0.29) is 0 Å². The van der Waals surface area contributed by atoms with Crippen LogP contribution in [0.25, 0.3) is 11.5 Å². The van der Waals surface area contributed by atoms with E-state index < -0.39 is 0 Å². The van der Waals surface area contributed by atoms with Crippen molar-refractivity contribution in [2.45, 2.75) is 0 Å². The number of nitrogens with two attached hydrogens (primary N) is 1. The van der Waals surface area contributed by atoms with E-state index in [1.165, 1.54) is 6.20 Å². The molecule has 0 aliphatic rings. The molecule has 4 heteroatoms. The van der Waals surface area contributed by atoms with Crippen molar-refractivity contribution in [1.82, 2.24) is 4.98 Å². The summed E-state index contributed by atoms with van der Waals surface area (Å²) in [6.45, 7) is 0. The van der Waals surface area contributed by atoms with Crippen molar-refractivity contribution < 1.29 is 9.15 Å². The van der Waals surface area contributed by atoms with E-state index >= 15 is 0 Å². The summed E-state index contributed by atoms with van der Waals surface area (Å²) in [5, 5.41) is 0. The van der Waals surface area contributed by atoms with Crippen LogP contribution in [0.4, 0.5) is 5.88 Å². The van der Waals surface area contributed by atoms with Crippen LogP contribution in [0.3, 0.4) is 0 Å². The molecule has 0 radical (unpaired) electrons. The van der Waals surface area contributed by atoms with Gasteiger partial charge in [0.15, 0.2) is 0 Å². The van der Waals surface area contributed by atoms with Crippen molar-refractivity contribution in [2.75, 3.05) is 12.8 Å². The Balaban J connectivity index is 2.41. The van der Waals surface area contributed by atoms with Crippen LogP contribution in [0.15, 0.2) is 34.9 Å². The van der Waals surface area contributed by atoms with Gasteiger partial charge < -0.3 is 14.9 Å². The van der Waals surface area contributed by atoms with Crippen molar-refractivity contribution in [1.29, 1.82) is 0 Å². The third-order valence-electron chi connectivity index (χ3n) is 1.84. The maximum atomic E-state index is 5.43. The number of ether oxygens (including phenoxy) is 1. The highest BCUT2D eigenvalue weighted by atomic mass is 16.5. The summed E-state index contributed by atoms with van der Waals surface area (Å²) < 4.78 is 10.3. The zero-order valence-corrected chi connectivity index (χ0v) is 7.73. The third-order valence-corrected chi connectivity index (χ3v) is 1.84. The summed E-state index contributed by atoms with van der Waals surface area (Å²) in [5.74, 6) is 1.57. The van der Waals surface area contributed by atoms with Crippen LogP contribution in [0.5, 0.6) is 5.75 Å². The van der Waals surface area contributed by atoms with E-state index in [1.54, 1.807) is 7.11 Å². The molecule has 1 aromatic carbocycles. The molecule has 0 saturated carbocycles. The van der Waals surface area contributed by atoms with E-state index in [9.17, 15) is 0 Å². The first kappa shape index (κ1) is 8.62. The van der Waals surface area contributed by atoms with Crippen LogP contribution < -0.4 is 10.5 Å². The van der Waals surface area contributed by atoms with E-state index in [2.05, 4.69) is 4.98 Å². The first-order valence-corrected chi connectivity index (χ1v) is 4.15. The fraction of sp³-hybridized carbons (Fsp3) is 0.100. The lowest BCUT2D eigenvalue weighted by Gasteiger charge is -2.00. The first-order chi connectivity index (χ1) is 6.79. The third kappa shape index (κ3) is 1.54. The molecule has 2 N–H and O–H groups in total. The predicted octanol–water partition coefficient (Wildman–Crippen LogP) is 1.93. The SMILES string of the molecule is COc1cccc(-c2ncc(N)o2)c1. The predicted molar refractivity (Wildman–Crippen MR) is 52.9 cm³/mol. The quantitative estimate of drug-likeness (QED) is 0.786. The molecule has 72 valence electrons. The fourth-order valence-corrected chi connectivity index (χ4v) is 1.18. The highest BCUT2D eigenvalue weighted by Gasteiger charge is 2.04. The standard InChI is InChI=1S/C10H10N2O2/c1-13-8-4-2-3-7(5-8)10-12-6-9(11)14-10/h2-6H,11H2,1H3. The number of nitrogens with zero attached hydrogens (tertiary/aromatic N) is 1. The molecule has 0 amide bonds. The van der Waals surface area contributed by atoms with Gasteiger partial charge in [0.2, 0.25) is 11.8 Å². The van der Waals surface area contributed by atoms with Gasteiger partial charge in [0, 0.05) is 5.56 Å². The Hall–Kier alpha value is -1.97. The number of hydrogen-bond acceptors (Lipinski definition) is 4. The van der Waals surface area contributed by atoms with Crippen LogP contribution in [-0.2, 0) is 0 Å². The molecular weight excluding hydrogens is 180 g/mol. The molecule has 4 nitrogen and oxygen atoms in total. The summed E-state index contributed by atoms with van der Waals surface area (Å²) in [6.07, 6.45) is 1.48. The van der Waals surface area contributed by atoms with E-state index in [0.29, 0.717) is 11.8 Å². The number of nitrogen functional groups attached to an aromatic ring is 1. The van der Waals surface area contributed by atoms with Gasteiger partial charge in [-0.15, -0.1) is 0 Å². The van der Waals surface area contributed by atoms with Crippen LogP contribution in [0, 0.1) is 0 Å². The number of methoxy groups -OCH3 is 1. The largest absolute Gasteiger partial charge is 0.497 e. The van der Waals surface area contributed by atoms with Gasteiger partial charge in [-0.1, -0.05) is 6.07 Å². The topological polar surface area (TPSA) is 61.3 Å². The molecule has 1 heterocycles. The lowest BCUT2D eigenvalue weighted by atomic mass is 10.2. The molecule has 2 rings (SSSR count). The number of oxazole rings is 1. The number of rotatable bonds is 2. The van der Waals surface area contributed by atoms with Crippen molar-refractivity contribution in [3.05, 3.63) is 30.5 Å². The second kappa shape index (κ2) is 3.41. The van der Waals surface area contributed by atoms with Gasteiger partial charge in [-0.25, -0.2) is 4.98 Å². The minimum Gasteiger partial charge on any atom is -0.497 e. The van der Waals surface area contributed by atoms with Gasteiger partial charge in [-0.3, -0.25) is 0 Å². The van der Waals surface area contributed by atoms with Crippen LogP contribution in [0.1, 0.15) is 0 Å². The highest BCUT2D eigenvalue weighted by molar-refractivity contribution is 5.56. The number of benzene rings is 1. The molecule has 0 spiro atoms. The summed E-state index contributed by atoms with van der Waals surface area (Å²) in [7, 11) is 1.61. The summed E-state index contributed by atoms with van der Waals surface area (Å²) in [5.41, 5.74) is 6.27. The molecule has 0 unspecified atom stereocenters. The molecule has 2 aromatic rings. The van der Waals surface area contributed by atoms with Crippen LogP contribution in [0.2, 0.25) is 0 Å². The molecule has 0 bridgehead atoms. The molecule has 0 atom stereocenters. The molecule has 0 fully saturated rings. The normalized spacial score (nSPS) is 10.1. The van der Waals surface area contributed by atoms with Crippen molar-refractivity contribution >= 4 is 5.88 Å². The number of aromatic nitrogens is 1. The Morgan fingerprint density at radius 1 is 1.43 bits per heavy atom. The van der Waals surface area contributed by atoms with Crippen molar-refractivity contribution in [2.24, 2.45) is 0 Å². The number of hydrogen-bond donors (Lipinski definition) is 1. The molecule has 14 heavy (non-hydrogen) atoms. The van der Waals surface area contributed by atoms with Crippen LogP contribution >= 0.6 is 0 Å². The van der Waals surface area contributed by atoms with E-state index in [0.717, 1.165) is 11.3 Å². The lowest BCUT2D eigenvalue weighted by Crippen LogP contribution is -1.83. The Bertz CT molecular complexity index is 437. The Labute approximate surface area is 81.3 Å². The molecule has 1 aromatic heterocycles. The molecule has 0 saturated heterocycles. The highest BCUT2D eigenvalue weighted by Crippen LogP contribution is 2.23. The zero-order chi connectivity index (χ0) is 9.97. The Morgan fingerprint density at radius 2 is 2.29 bits per heavy atom. The molecule has 0 aliphatic heterocycles. The first-order valence-electron chi connectivity index (χ1n) is 4.15. The molecule has 0 aliphatic carbocycles. The second-order valence-corrected chi connectivity index (χ2v) is 2.80. The summed E-state index contributed by atoms with van der Waals surface area (Å²) in [6, 6.07) is 7.45. The lowest BCUT2D eigenvalue weighted by molar-refractivity contribution is 0.415. The van der Waals surface area contributed by atoms with Gasteiger partial charge in [-0.2, -0.15) is 0 Å². The maximum absolute atomic E-state index is 5.43. The van der Waals surface area contributed by atoms with Gasteiger partial charge in [0.25, 0.3) is 0 Å². The minimum absolute atomic E-state index is 0.308. The van der Waals surface area contributed by atoms with Crippen molar-refractivity contribution in [3.8, 4) is 17.2 Å². The zero-order valence-electron chi connectivity index (χ0n) is 7.73. The fourth-order valence-electron chi connectivity index (χ4n) is 1.18. The van der Waals surface area contributed by atoms with E-state index in [4.69, 9.17) is 14.9 Å². The van der Waals surface area contributed by atoms with Gasteiger partial charge in [0.1, 0.15) is 5.75 Å². The Kier molecular flexibility index (Phi) is 2.10. The summed E-state index contributed by atoms with van der Waals surface area (Å²) in [4.78, 5) is 4.01. The van der Waals surface area contributed by atoms with Gasteiger partial charge in [0.05, 0.1) is 13.3 Å².